The van der Waals surface area contributed by atoms with Gasteiger partial charge in [-0.15, -0.1) is 11.3 Å². The molecule has 3 aromatic heterocycles. The number of aromatic nitrogens is 4. The number of para-hydroxylation sites is 1. The summed E-state index contributed by atoms with van der Waals surface area (Å²) in [6.45, 7) is 3.50. The zero-order valence-electron chi connectivity index (χ0n) is 23.3. The van der Waals surface area contributed by atoms with Gasteiger partial charge < -0.3 is 20.5 Å². The van der Waals surface area contributed by atoms with Crippen LogP contribution in [0.4, 0.5) is 36.1 Å². The number of alkyl halides is 3. The van der Waals surface area contributed by atoms with Gasteiger partial charge in [0.1, 0.15) is 0 Å². The number of amides is 2. The van der Waals surface area contributed by atoms with E-state index in [2.05, 4.69) is 31.1 Å². The summed E-state index contributed by atoms with van der Waals surface area (Å²) in [6, 6.07) is 17.5. The highest BCUT2D eigenvalue weighted by molar-refractivity contribution is 7.18. The Balaban J connectivity index is 1.22. The summed E-state index contributed by atoms with van der Waals surface area (Å²) >= 11 is 1.36. The summed E-state index contributed by atoms with van der Waals surface area (Å²) in [7, 11) is 0. The minimum Gasteiger partial charge on any atom is -0.338 e. The zero-order chi connectivity index (χ0) is 31.0. The van der Waals surface area contributed by atoms with Gasteiger partial charge in [-0.25, -0.2) is 4.98 Å². The molecule has 9 nitrogen and oxygen atoms in total. The number of fused-ring (bicyclic) bond motifs is 1. The first-order chi connectivity index (χ1) is 21.0. The van der Waals surface area contributed by atoms with Crippen LogP contribution >= 0.6 is 11.3 Å². The molecule has 0 fully saturated rings. The SMILES string of the molecule is Cc1cn(-c2cc(C(=O)Nc3ccc(C)c(NC(=O)c4csc5c(Nc6ccccc6)n[nH]c45)c3)cc(C(F)(F)F)c2)cn1. The van der Waals surface area contributed by atoms with E-state index in [4.69, 9.17) is 0 Å². The lowest BCUT2D eigenvalue weighted by Gasteiger charge is -2.14. The number of hydrogen-bond donors (Lipinski definition) is 4. The number of carbonyl (C=O) groups is 2. The number of nitrogens with one attached hydrogen (secondary N) is 4. The predicted octanol–water partition coefficient (Wildman–Crippen LogP) is 7.69. The Bertz CT molecular complexity index is 2010. The topological polar surface area (TPSA) is 117 Å². The molecule has 2 amide bonds. The van der Waals surface area contributed by atoms with Gasteiger partial charge in [-0.3, -0.25) is 14.7 Å². The van der Waals surface area contributed by atoms with Crippen molar-refractivity contribution in [3.8, 4) is 5.69 Å². The van der Waals surface area contributed by atoms with Crippen molar-refractivity contribution in [3.05, 3.63) is 113 Å². The fraction of sp³-hybridized carbons (Fsp3) is 0.0968. The van der Waals surface area contributed by atoms with E-state index in [9.17, 15) is 22.8 Å². The molecule has 0 saturated heterocycles. The molecular formula is C31H24F3N7O2S. The van der Waals surface area contributed by atoms with E-state index in [1.54, 1.807) is 43.6 Å². The standard InChI is InChI=1S/C31H24F3N7O2S/c1-17-8-9-22(37-29(42)19-10-20(31(32,33)34)12-23(11-19)41-14-18(2)35-16-41)13-25(17)38-30(43)24-15-44-27-26(24)39-40-28(27)36-21-6-4-3-5-7-21/h3-16H,1-2H3,(H,37,42)(H,38,43)(H2,36,39,40). The van der Waals surface area contributed by atoms with Gasteiger partial charge in [0.05, 0.1) is 33.4 Å². The first kappa shape index (κ1) is 28.7. The molecule has 6 rings (SSSR count). The average Bonchev–Trinajstić information content (AvgIpc) is 3.72. The molecule has 0 bridgehead atoms. The second-order valence-electron chi connectivity index (χ2n) is 10.0. The lowest BCUT2D eigenvalue weighted by Crippen LogP contribution is -2.16. The van der Waals surface area contributed by atoms with Gasteiger partial charge in [-0.2, -0.15) is 18.3 Å². The Kier molecular flexibility index (Phi) is 7.39. The van der Waals surface area contributed by atoms with Crippen molar-refractivity contribution in [2.45, 2.75) is 20.0 Å². The first-order valence-electron chi connectivity index (χ1n) is 13.3. The largest absolute Gasteiger partial charge is 0.416 e. The van der Waals surface area contributed by atoms with Crippen molar-refractivity contribution in [2.75, 3.05) is 16.0 Å². The van der Waals surface area contributed by atoms with Crippen LogP contribution in [0.2, 0.25) is 0 Å². The van der Waals surface area contributed by atoms with Crippen LogP contribution in [0.5, 0.6) is 0 Å². The molecule has 13 heteroatoms. The number of imidazole rings is 1. The lowest BCUT2D eigenvalue weighted by atomic mass is 10.1. The van der Waals surface area contributed by atoms with E-state index in [1.165, 1.54) is 28.3 Å². The van der Waals surface area contributed by atoms with E-state index in [1.807, 2.05) is 30.3 Å². The smallest absolute Gasteiger partial charge is 0.338 e. The molecule has 6 aromatic rings. The molecule has 0 atom stereocenters. The minimum absolute atomic E-state index is 0.144. The van der Waals surface area contributed by atoms with Gasteiger partial charge in [-0.1, -0.05) is 24.3 Å². The number of H-pyrrole nitrogens is 1. The Hall–Kier alpha value is -5.43. The molecule has 4 N–H and O–H groups in total. The summed E-state index contributed by atoms with van der Waals surface area (Å²) in [5.74, 6) is -0.543. The van der Waals surface area contributed by atoms with Gasteiger partial charge in [-0.05, 0) is 61.9 Å². The van der Waals surface area contributed by atoms with Crippen molar-refractivity contribution < 1.29 is 22.8 Å². The Morgan fingerprint density at radius 2 is 1.73 bits per heavy atom. The van der Waals surface area contributed by atoms with Gasteiger partial charge in [0.2, 0.25) is 0 Å². The zero-order valence-corrected chi connectivity index (χ0v) is 24.1. The molecule has 0 aliphatic carbocycles. The highest BCUT2D eigenvalue weighted by Gasteiger charge is 2.32. The van der Waals surface area contributed by atoms with Crippen LogP contribution in [-0.4, -0.2) is 31.6 Å². The van der Waals surface area contributed by atoms with E-state index in [0.717, 1.165) is 28.1 Å². The lowest BCUT2D eigenvalue weighted by molar-refractivity contribution is -0.137. The maximum atomic E-state index is 13.7. The third-order valence-corrected chi connectivity index (χ3v) is 7.81. The van der Waals surface area contributed by atoms with Crippen LogP contribution in [0.3, 0.4) is 0 Å². The molecule has 3 aromatic carbocycles. The molecule has 0 aliphatic rings. The number of aromatic amines is 1. The van der Waals surface area contributed by atoms with Gasteiger partial charge in [0.15, 0.2) is 5.82 Å². The van der Waals surface area contributed by atoms with Crippen LogP contribution in [0.25, 0.3) is 15.9 Å². The normalized spacial score (nSPS) is 11.5. The van der Waals surface area contributed by atoms with E-state index < -0.39 is 23.6 Å². The molecule has 3 heterocycles. The number of halogens is 3. The highest BCUT2D eigenvalue weighted by Crippen LogP contribution is 2.34. The molecule has 0 unspecified atom stereocenters. The number of thiophene rings is 1. The van der Waals surface area contributed by atoms with E-state index >= 15 is 0 Å². The molecule has 0 aliphatic heterocycles. The third kappa shape index (κ3) is 5.90. The van der Waals surface area contributed by atoms with Gasteiger partial charge in [0, 0.05) is 39.9 Å². The van der Waals surface area contributed by atoms with Crippen LogP contribution < -0.4 is 16.0 Å². The number of aryl methyl sites for hydroxylation is 2. The summed E-state index contributed by atoms with van der Waals surface area (Å²) < 4.78 is 43.3. The average molecular weight is 616 g/mol. The third-order valence-electron chi connectivity index (χ3n) is 6.83. The van der Waals surface area contributed by atoms with Crippen molar-refractivity contribution in [1.29, 1.82) is 0 Å². The molecule has 0 radical (unpaired) electrons. The van der Waals surface area contributed by atoms with Crippen molar-refractivity contribution in [3.63, 3.8) is 0 Å². The summed E-state index contributed by atoms with van der Waals surface area (Å²) in [5, 5.41) is 17.7. The molecule has 0 saturated carbocycles. The maximum Gasteiger partial charge on any atom is 0.416 e. The Labute approximate surface area is 252 Å². The predicted molar refractivity (Wildman–Crippen MR) is 164 cm³/mol. The van der Waals surface area contributed by atoms with Crippen molar-refractivity contribution in [2.24, 2.45) is 0 Å². The van der Waals surface area contributed by atoms with Gasteiger partial charge >= 0.3 is 6.18 Å². The summed E-state index contributed by atoms with van der Waals surface area (Å²) in [5.41, 5.74) is 2.85. The van der Waals surface area contributed by atoms with Crippen LogP contribution in [0, 0.1) is 13.8 Å². The number of anilines is 4. The van der Waals surface area contributed by atoms with Crippen molar-refractivity contribution in [1.82, 2.24) is 19.7 Å². The molecule has 222 valence electrons. The van der Waals surface area contributed by atoms with Crippen molar-refractivity contribution >= 4 is 56.2 Å². The second-order valence-corrected chi connectivity index (χ2v) is 10.9. The number of carbonyl (C=O) groups excluding carboxylic acids is 2. The fourth-order valence-electron chi connectivity index (χ4n) is 4.56. The Morgan fingerprint density at radius 1 is 0.932 bits per heavy atom. The second kappa shape index (κ2) is 11.3. The maximum absolute atomic E-state index is 13.7. The fourth-order valence-corrected chi connectivity index (χ4v) is 5.50. The molecule has 0 spiro atoms. The minimum atomic E-state index is -4.66. The number of benzene rings is 3. The van der Waals surface area contributed by atoms with Crippen LogP contribution in [0.1, 0.15) is 37.5 Å². The van der Waals surface area contributed by atoms with E-state index in [-0.39, 0.29) is 11.3 Å². The van der Waals surface area contributed by atoms with Crippen LogP contribution in [-0.2, 0) is 6.18 Å². The van der Waals surface area contributed by atoms with Gasteiger partial charge in [0.25, 0.3) is 11.8 Å². The van der Waals surface area contributed by atoms with E-state index in [0.29, 0.717) is 34.0 Å². The van der Waals surface area contributed by atoms with Crippen LogP contribution in [0.15, 0.2) is 84.6 Å². The molecule has 44 heavy (non-hydrogen) atoms. The number of nitrogens with zero attached hydrogens (tertiary/aromatic N) is 3. The quantitative estimate of drug-likeness (QED) is 0.147. The number of rotatable bonds is 7. The highest BCUT2D eigenvalue weighted by atomic mass is 32.1. The monoisotopic (exact) mass is 615 g/mol. The Morgan fingerprint density at radius 3 is 2.45 bits per heavy atom. The molecular weight excluding hydrogens is 591 g/mol. The summed E-state index contributed by atoms with van der Waals surface area (Å²) in [6.07, 6.45) is -1.72. The number of hydrogen-bond acceptors (Lipinski definition) is 6. The first-order valence-corrected chi connectivity index (χ1v) is 14.2. The summed E-state index contributed by atoms with van der Waals surface area (Å²) in [4.78, 5) is 30.5.